The van der Waals surface area contributed by atoms with Gasteiger partial charge in [0, 0.05) is 12.0 Å². The third kappa shape index (κ3) is 1.80. The van der Waals surface area contributed by atoms with Crippen LogP contribution in [-0.4, -0.2) is 14.3 Å². The second kappa shape index (κ2) is 4.57. The molecule has 3 fully saturated rings. The SMILES string of the molecule is N#CC12CC(n3nc4n(c3=O)[C@@H](c3ccc(C(F)F)cc3)CC4)(C1)C2. The van der Waals surface area contributed by atoms with Crippen LogP contribution in [0.1, 0.15) is 55.1 Å². The standard InChI is InChI=1S/C18H16F2N4O/c19-15(20)12-3-1-11(2-4-12)13-5-6-14-22-24(16(25)23(13)14)18-7-17(8-18,9-18)10-21/h1-4,13,15H,5-9H2/t13-,17?,18?/m1/s1. The van der Waals surface area contributed by atoms with Gasteiger partial charge in [0.05, 0.1) is 23.1 Å². The summed E-state index contributed by atoms with van der Waals surface area (Å²) in [5.41, 5.74) is 0.199. The molecule has 0 saturated heterocycles. The monoisotopic (exact) mass is 342 g/mol. The Labute approximate surface area is 142 Å². The fourth-order valence-electron chi connectivity index (χ4n) is 4.86. The van der Waals surface area contributed by atoms with E-state index in [-0.39, 0.29) is 28.2 Å². The zero-order chi connectivity index (χ0) is 17.4. The number of nitrogens with zero attached hydrogens (tertiary/aromatic N) is 4. The van der Waals surface area contributed by atoms with E-state index in [0.29, 0.717) is 25.7 Å². The van der Waals surface area contributed by atoms with Crippen LogP contribution in [0.3, 0.4) is 0 Å². The number of aryl methyl sites for hydroxylation is 1. The van der Waals surface area contributed by atoms with Gasteiger partial charge in [-0.05, 0) is 31.2 Å². The van der Waals surface area contributed by atoms with Gasteiger partial charge in [-0.25, -0.2) is 18.3 Å². The molecule has 2 heterocycles. The highest BCUT2D eigenvalue weighted by molar-refractivity contribution is 5.30. The number of nitriles is 1. The summed E-state index contributed by atoms with van der Waals surface area (Å²) in [7, 11) is 0. The molecule has 1 aliphatic heterocycles. The summed E-state index contributed by atoms with van der Waals surface area (Å²) in [6.07, 6.45) is 1.09. The van der Waals surface area contributed by atoms with Gasteiger partial charge in [-0.15, -0.1) is 0 Å². The van der Waals surface area contributed by atoms with Crippen LogP contribution in [0.2, 0.25) is 0 Å². The van der Waals surface area contributed by atoms with E-state index in [1.807, 2.05) is 0 Å². The number of hydrogen-bond donors (Lipinski definition) is 0. The minimum Gasteiger partial charge on any atom is -0.271 e. The largest absolute Gasteiger partial charge is 0.347 e. The first-order chi connectivity index (χ1) is 12.0. The Kier molecular flexibility index (Phi) is 2.71. The summed E-state index contributed by atoms with van der Waals surface area (Å²) in [4.78, 5) is 12.9. The van der Waals surface area contributed by atoms with Gasteiger partial charge in [-0.3, -0.25) is 4.57 Å². The Morgan fingerprint density at radius 1 is 1.24 bits per heavy atom. The Bertz CT molecular complexity index is 947. The van der Waals surface area contributed by atoms with E-state index in [0.717, 1.165) is 17.8 Å². The van der Waals surface area contributed by atoms with E-state index >= 15 is 0 Å². The van der Waals surface area contributed by atoms with E-state index < -0.39 is 6.43 Å². The van der Waals surface area contributed by atoms with Crippen LogP contribution in [0.25, 0.3) is 0 Å². The van der Waals surface area contributed by atoms with Crippen molar-refractivity contribution in [2.24, 2.45) is 5.41 Å². The second-order valence-corrected chi connectivity index (χ2v) is 7.65. The maximum absolute atomic E-state index is 12.9. The molecule has 128 valence electrons. The quantitative estimate of drug-likeness (QED) is 0.861. The van der Waals surface area contributed by atoms with Gasteiger partial charge in [0.25, 0.3) is 6.43 Å². The first kappa shape index (κ1) is 14.8. The van der Waals surface area contributed by atoms with Crippen LogP contribution in [0, 0.1) is 16.7 Å². The zero-order valence-electron chi connectivity index (χ0n) is 13.5. The normalized spacial score (nSPS) is 32.0. The van der Waals surface area contributed by atoms with Gasteiger partial charge >= 0.3 is 5.69 Å². The van der Waals surface area contributed by atoms with Crippen molar-refractivity contribution < 1.29 is 8.78 Å². The number of hydrogen-bond acceptors (Lipinski definition) is 3. The lowest BCUT2D eigenvalue weighted by atomic mass is 9.40. The number of aromatic nitrogens is 3. The first-order valence-corrected chi connectivity index (χ1v) is 8.47. The molecule has 25 heavy (non-hydrogen) atoms. The van der Waals surface area contributed by atoms with E-state index in [4.69, 9.17) is 5.26 Å². The number of rotatable bonds is 3. The molecule has 1 aromatic heterocycles. The number of fused-ring (bicyclic) bond motifs is 1. The molecule has 0 spiro atoms. The van der Waals surface area contributed by atoms with Crippen LogP contribution in [0.4, 0.5) is 8.78 Å². The Hall–Kier alpha value is -2.49. The molecule has 6 rings (SSSR count). The average molecular weight is 342 g/mol. The summed E-state index contributed by atoms with van der Waals surface area (Å²) in [5.74, 6) is 0.753. The fraction of sp³-hybridized carbons (Fsp3) is 0.500. The minimum atomic E-state index is -2.49. The molecular weight excluding hydrogens is 326 g/mol. The van der Waals surface area contributed by atoms with E-state index in [1.165, 1.54) is 12.1 Å². The predicted octanol–water partition coefficient (Wildman–Crippen LogP) is 2.92. The lowest BCUT2D eigenvalue weighted by Crippen LogP contribution is -2.69. The van der Waals surface area contributed by atoms with Crippen molar-refractivity contribution >= 4 is 0 Å². The van der Waals surface area contributed by atoms with Crippen LogP contribution < -0.4 is 5.69 Å². The van der Waals surface area contributed by atoms with Crippen LogP contribution in [-0.2, 0) is 12.0 Å². The smallest absolute Gasteiger partial charge is 0.271 e. The maximum atomic E-state index is 12.9. The Morgan fingerprint density at radius 2 is 1.92 bits per heavy atom. The first-order valence-electron chi connectivity index (χ1n) is 8.47. The molecule has 0 N–H and O–H groups in total. The Balaban J connectivity index is 1.49. The van der Waals surface area contributed by atoms with Crippen molar-refractivity contribution in [3.05, 3.63) is 51.7 Å². The summed E-state index contributed by atoms with van der Waals surface area (Å²) in [6.45, 7) is 0. The third-order valence-corrected chi connectivity index (χ3v) is 6.10. The molecule has 2 bridgehead atoms. The third-order valence-electron chi connectivity index (χ3n) is 6.10. The molecule has 3 aliphatic carbocycles. The molecule has 2 aromatic rings. The van der Waals surface area contributed by atoms with Gasteiger partial charge < -0.3 is 0 Å². The highest BCUT2D eigenvalue weighted by Crippen LogP contribution is 2.70. The highest BCUT2D eigenvalue weighted by Gasteiger charge is 2.71. The van der Waals surface area contributed by atoms with Gasteiger partial charge in [0.1, 0.15) is 5.82 Å². The molecule has 0 radical (unpaired) electrons. The second-order valence-electron chi connectivity index (χ2n) is 7.65. The molecule has 1 atom stereocenters. The summed E-state index contributed by atoms with van der Waals surface area (Å²) < 4.78 is 28.8. The van der Waals surface area contributed by atoms with Gasteiger partial charge in [0.2, 0.25) is 0 Å². The summed E-state index contributed by atoms with van der Waals surface area (Å²) >= 11 is 0. The molecule has 0 unspecified atom stereocenters. The van der Waals surface area contributed by atoms with Gasteiger partial charge in [0.15, 0.2) is 0 Å². The molecule has 0 amide bonds. The lowest BCUT2D eigenvalue weighted by Gasteiger charge is -2.65. The van der Waals surface area contributed by atoms with E-state index in [2.05, 4.69) is 11.2 Å². The van der Waals surface area contributed by atoms with Gasteiger partial charge in [-0.2, -0.15) is 10.4 Å². The fourth-order valence-corrected chi connectivity index (χ4v) is 4.86. The van der Waals surface area contributed by atoms with Crippen LogP contribution in [0.5, 0.6) is 0 Å². The highest BCUT2D eigenvalue weighted by atomic mass is 19.3. The van der Waals surface area contributed by atoms with E-state index in [1.54, 1.807) is 21.4 Å². The van der Waals surface area contributed by atoms with Crippen molar-refractivity contribution in [3.8, 4) is 6.07 Å². The van der Waals surface area contributed by atoms with Crippen molar-refractivity contribution in [3.63, 3.8) is 0 Å². The predicted molar refractivity (Wildman–Crippen MR) is 84.2 cm³/mol. The average Bonchev–Trinajstić information content (AvgIpc) is 3.07. The number of alkyl halides is 2. The Morgan fingerprint density at radius 3 is 2.52 bits per heavy atom. The molecule has 7 heteroatoms. The minimum absolute atomic E-state index is 0.0133. The van der Waals surface area contributed by atoms with E-state index in [9.17, 15) is 13.6 Å². The molecular formula is C18H16F2N4O. The molecule has 1 aromatic carbocycles. The van der Waals surface area contributed by atoms with Crippen LogP contribution in [0.15, 0.2) is 29.1 Å². The maximum Gasteiger partial charge on any atom is 0.347 e. The lowest BCUT2D eigenvalue weighted by molar-refractivity contribution is -0.155. The number of benzene rings is 1. The summed E-state index contributed by atoms with van der Waals surface area (Å²) in [5, 5.41) is 13.7. The molecule has 4 aliphatic rings. The van der Waals surface area contributed by atoms with Crippen molar-refractivity contribution in [1.29, 1.82) is 5.26 Å². The zero-order valence-corrected chi connectivity index (χ0v) is 13.5. The summed E-state index contributed by atoms with van der Waals surface area (Å²) in [6, 6.07) is 8.39. The molecule has 3 saturated carbocycles. The molecule has 5 nitrogen and oxygen atoms in total. The van der Waals surface area contributed by atoms with Crippen molar-refractivity contribution in [2.75, 3.05) is 0 Å². The topological polar surface area (TPSA) is 63.6 Å². The van der Waals surface area contributed by atoms with Gasteiger partial charge in [-0.1, -0.05) is 24.3 Å². The van der Waals surface area contributed by atoms with Crippen molar-refractivity contribution in [2.45, 2.75) is 50.1 Å². The van der Waals surface area contributed by atoms with Crippen molar-refractivity contribution in [1.82, 2.24) is 14.3 Å². The number of halogens is 2. The van der Waals surface area contributed by atoms with Crippen LogP contribution >= 0.6 is 0 Å².